The number of hydrogen-bond donors (Lipinski definition) is 1. The van der Waals surface area contributed by atoms with Crippen molar-refractivity contribution in [1.82, 2.24) is 10.2 Å². The van der Waals surface area contributed by atoms with Gasteiger partial charge in [-0.05, 0) is 37.5 Å². The van der Waals surface area contributed by atoms with Crippen LogP contribution in [0.3, 0.4) is 0 Å². The van der Waals surface area contributed by atoms with E-state index in [-0.39, 0.29) is 11.1 Å². The zero-order valence-electron chi connectivity index (χ0n) is 15.6. The van der Waals surface area contributed by atoms with Crippen molar-refractivity contribution >= 4 is 5.82 Å². The third kappa shape index (κ3) is 3.47. The first-order valence-corrected chi connectivity index (χ1v) is 9.53. The molecule has 1 N–H and O–H groups in total. The van der Waals surface area contributed by atoms with Gasteiger partial charge in [0, 0.05) is 17.7 Å². The van der Waals surface area contributed by atoms with E-state index in [4.69, 9.17) is 4.74 Å². The van der Waals surface area contributed by atoms with Crippen LogP contribution in [0.4, 0.5) is 19.0 Å². The molecule has 1 aromatic heterocycles. The van der Waals surface area contributed by atoms with Gasteiger partial charge in [0.05, 0.1) is 12.1 Å². The minimum Gasteiger partial charge on any atom is -0.507 e. The highest BCUT2D eigenvalue weighted by atomic mass is 19.4. The monoisotopic (exact) mass is 393 g/mol. The number of ether oxygens (including phenoxy) is 1. The summed E-state index contributed by atoms with van der Waals surface area (Å²) >= 11 is 0. The number of alkyl halides is 3. The van der Waals surface area contributed by atoms with Gasteiger partial charge in [-0.1, -0.05) is 19.3 Å². The Labute approximate surface area is 161 Å². The van der Waals surface area contributed by atoms with E-state index in [9.17, 15) is 18.3 Å². The number of rotatable bonds is 2. The van der Waals surface area contributed by atoms with Crippen LogP contribution in [0, 0.1) is 6.92 Å². The van der Waals surface area contributed by atoms with Crippen LogP contribution in [0.5, 0.6) is 11.5 Å². The van der Waals surface area contributed by atoms with Gasteiger partial charge in [0.1, 0.15) is 18.1 Å². The Morgan fingerprint density at radius 2 is 1.86 bits per heavy atom. The Bertz CT molecular complexity index is 856. The minimum atomic E-state index is -4.52. The number of aromatic hydroxyl groups is 1. The van der Waals surface area contributed by atoms with E-state index >= 15 is 0 Å². The Hall–Kier alpha value is -2.51. The topological polar surface area (TPSA) is 58.5 Å². The Balaban J connectivity index is 1.70. The van der Waals surface area contributed by atoms with E-state index in [1.165, 1.54) is 26.2 Å². The number of halogens is 3. The summed E-state index contributed by atoms with van der Waals surface area (Å²) < 4.78 is 44.6. The lowest BCUT2D eigenvalue weighted by atomic mass is 9.94. The van der Waals surface area contributed by atoms with Crippen LogP contribution in [0.1, 0.15) is 43.2 Å². The van der Waals surface area contributed by atoms with Gasteiger partial charge in [-0.3, -0.25) is 0 Å². The normalized spacial score (nSPS) is 17.9. The summed E-state index contributed by atoms with van der Waals surface area (Å²) in [4.78, 5) is 2.23. The fourth-order valence-corrected chi connectivity index (χ4v) is 4.17. The van der Waals surface area contributed by atoms with Gasteiger partial charge in [-0.15, -0.1) is 10.2 Å². The van der Waals surface area contributed by atoms with Crippen molar-refractivity contribution < 1.29 is 23.0 Å². The molecular formula is C20H22F3N3O2. The average molecular weight is 393 g/mol. The van der Waals surface area contributed by atoms with Crippen molar-refractivity contribution in [1.29, 1.82) is 0 Å². The maximum Gasteiger partial charge on any atom is 0.416 e. The maximum absolute atomic E-state index is 13.0. The van der Waals surface area contributed by atoms with Gasteiger partial charge < -0.3 is 14.7 Å². The largest absolute Gasteiger partial charge is 0.507 e. The van der Waals surface area contributed by atoms with Crippen LogP contribution in [0.15, 0.2) is 18.2 Å². The second kappa shape index (κ2) is 7.14. The summed E-state index contributed by atoms with van der Waals surface area (Å²) in [6, 6.07) is 3.80. The quantitative estimate of drug-likeness (QED) is 0.801. The van der Waals surface area contributed by atoms with Crippen molar-refractivity contribution in [3.05, 3.63) is 29.3 Å². The van der Waals surface area contributed by atoms with E-state index < -0.39 is 17.5 Å². The van der Waals surface area contributed by atoms with Gasteiger partial charge >= 0.3 is 6.18 Å². The van der Waals surface area contributed by atoms with Gasteiger partial charge in [0.25, 0.3) is 0 Å². The maximum atomic E-state index is 13.0. The number of anilines is 1. The molecule has 0 atom stereocenters. The first-order chi connectivity index (χ1) is 13.3. The molecule has 0 amide bonds. The molecule has 1 aliphatic carbocycles. The molecule has 0 bridgehead atoms. The molecular weight excluding hydrogens is 371 g/mol. The van der Waals surface area contributed by atoms with Gasteiger partial charge in [-0.2, -0.15) is 13.2 Å². The molecule has 4 rings (SSSR count). The van der Waals surface area contributed by atoms with E-state index in [0.29, 0.717) is 29.9 Å². The molecule has 0 saturated heterocycles. The molecule has 0 spiro atoms. The van der Waals surface area contributed by atoms with Crippen molar-refractivity contribution in [2.24, 2.45) is 0 Å². The molecule has 150 valence electrons. The third-order valence-electron chi connectivity index (χ3n) is 5.52. The van der Waals surface area contributed by atoms with E-state index in [2.05, 4.69) is 15.1 Å². The van der Waals surface area contributed by atoms with Crippen LogP contribution >= 0.6 is 0 Å². The highest BCUT2D eigenvalue weighted by Crippen LogP contribution is 2.41. The lowest BCUT2D eigenvalue weighted by Crippen LogP contribution is -2.42. The zero-order valence-corrected chi connectivity index (χ0v) is 15.6. The Morgan fingerprint density at radius 1 is 1.11 bits per heavy atom. The van der Waals surface area contributed by atoms with Crippen molar-refractivity contribution in [2.45, 2.75) is 51.2 Å². The van der Waals surface area contributed by atoms with E-state index in [1.807, 2.05) is 0 Å². The number of hydrogen-bond acceptors (Lipinski definition) is 5. The minimum absolute atomic E-state index is 0.238. The fourth-order valence-electron chi connectivity index (χ4n) is 4.17. The predicted octanol–water partition coefficient (Wildman–Crippen LogP) is 4.71. The second-order valence-corrected chi connectivity index (χ2v) is 7.44. The van der Waals surface area contributed by atoms with Gasteiger partial charge in [0.15, 0.2) is 11.6 Å². The van der Waals surface area contributed by atoms with Gasteiger partial charge in [-0.25, -0.2) is 0 Å². The number of benzene rings is 1. The molecule has 0 unspecified atom stereocenters. The number of nitrogens with zero attached hydrogens (tertiary/aromatic N) is 3. The number of fused-ring (bicyclic) bond motifs is 1. The Morgan fingerprint density at radius 3 is 2.54 bits per heavy atom. The molecule has 5 nitrogen and oxygen atoms in total. The highest BCUT2D eigenvalue weighted by Gasteiger charge is 2.33. The molecule has 1 fully saturated rings. The number of phenols is 1. The Kier molecular flexibility index (Phi) is 4.81. The lowest BCUT2D eigenvalue weighted by molar-refractivity contribution is -0.137. The summed E-state index contributed by atoms with van der Waals surface area (Å²) in [6.45, 7) is 2.78. The molecule has 1 aliphatic heterocycles. The summed E-state index contributed by atoms with van der Waals surface area (Å²) in [5, 5.41) is 18.8. The molecule has 0 radical (unpaired) electrons. The first kappa shape index (κ1) is 18.8. The molecule has 28 heavy (non-hydrogen) atoms. The third-order valence-corrected chi connectivity index (χ3v) is 5.52. The van der Waals surface area contributed by atoms with Crippen molar-refractivity contribution in [3.8, 4) is 22.8 Å². The summed E-state index contributed by atoms with van der Waals surface area (Å²) in [5.41, 5.74) is -0.0759. The molecule has 2 aromatic rings. The SMILES string of the molecule is Cc1cc(C(F)(F)F)cc(O)c1-c1cc2c(nn1)N(C1CCCCC1)CCO2. The summed E-state index contributed by atoms with van der Waals surface area (Å²) in [7, 11) is 0. The number of aromatic nitrogens is 2. The van der Waals surface area contributed by atoms with E-state index in [0.717, 1.165) is 31.5 Å². The standard InChI is InChI=1S/C20H22F3N3O2/c1-12-9-13(20(21,22)23)10-16(27)18(12)15-11-17-19(25-24-15)26(7-8-28-17)14-5-3-2-4-6-14/h9-11,14,27H,2-8H2,1H3. The molecule has 2 heterocycles. The van der Waals surface area contributed by atoms with Crippen molar-refractivity contribution in [3.63, 3.8) is 0 Å². The van der Waals surface area contributed by atoms with Gasteiger partial charge in [0.2, 0.25) is 0 Å². The van der Waals surface area contributed by atoms with Crippen LogP contribution in [-0.2, 0) is 6.18 Å². The molecule has 2 aliphatic rings. The molecule has 8 heteroatoms. The summed E-state index contributed by atoms with van der Waals surface area (Å²) in [6.07, 6.45) is 1.35. The second-order valence-electron chi connectivity index (χ2n) is 7.44. The summed E-state index contributed by atoms with van der Waals surface area (Å²) in [5.74, 6) is 0.757. The smallest absolute Gasteiger partial charge is 0.416 e. The molecule has 1 aromatic carbocycles. The number of aryl methyl sites for hydroxylation is 1. The van der Waals surface area contributed by atoms with E-state index in [1.54, 1.807) is 6.07 Å². The van der Waals surface area contributed by atoms with Crippen molar-refractivity contribution in [2.75, 3.05) is 18.1 Å². The molecule has 1 saturated carbocycles. The zero-order chi connectivity index (χ0) is 19.9. The van der Waals surface area contributed by atoms with Crippen LogP contribution < -0.4 is 9.64 Å². The van der Waals surface area contributed by atoms with Crippen LogP contribution in [0.2, 0.25) is 0 Å². The highest BCUT2D eigenvalue weighted by molar-refractivity contribution is 5.73. The van der Waals surface area contributed by atoms with Crippen LogP contribution in [-0.4, -0.2) is 34.5 Å². The lowest BCUT2D eigenvalue weighted by Gasteiger charge is -2.38. The first-order valence-electron chi connectivity index (χ1n) is 9.53. The predicted molar refractivity (Wildman–Crippen MR) is 98.6 cm³/mol. The fraction of sp³-hybridized carbons (Fsp3) is 0.500. The number of phenolic OH excluding ortho intramolecular Hbond substituents is 1. The average Bonchev–Trinajstić information content (AvgIpc) is 2.67. The van der Waals surface area contributed by atoms with Crippen LogP contribution in [0.25, 0.3) is 11.3 Å².